The molecule has 0 radical (unpaired) electrons. The quantitative estimate of drug-likeness (QED) is 0.856. The molecular formula is C18H26N4O2. The zero-order valence-corrected chi connectivity index (χ0v) is 14.5. The van der Waals surface area contributed by atoms with Crippen LogP contribution < -0.4 is 4.90 Å². The highest BCUT2D eigenvalue weighted by Crippen LogP contribution is 2.27. The van der Waals surface area contributed by atoms with E-state index >= 15 is 0 Å². The van der Waals surface area contributed by atoms with E-state index in [2.05, 4.69) is 15.9 Å². The van der Waals surface area contributed by atoms with Gasteiger partial charge in [-0.2, -0.15) is 5.26 Å². The Kier molecular flexibility index (Phi) is 6.44. The van der Waals surface area contributed by atoms with Crippen LogP contribution in [0.4, 0.5) is 5.69 Å². The van der Waals surface area contributed by atoms with Crippen molar-refractivity contribution in [3.8, 4) is 11.8 Å². The molecule has 1 heterocycles. The number of anilines is 1. The smallest absolute Gasteiger partial charge is 0.236 e. The summed E-state index contributed by atoms with van der Waals surface area (Å²) < 4.78 is 0. The van der Waals surface area contributed by atoms with Crippen molar-refractivity contribution in [2.75, 3.05) is 50.7 Å². The Morgan fingerprint density at radius 1 is 1.33 bits per heavy atom. The Hall–Kier alpha value is -2.26. The highest BCUT2D eigenvalue weighted by molar-refractivity contribution is 5.78. The van der Waals surface area contributed by atoms with Crippen molar-refractivity contribution in [2.24, 2.45) is 5.92 Å². The number of nitriles is 1. The van der Waals surface area contributed by atoms with Crippen LogP contribution in [-0.4, -0.2) is 66.6 Å². The first-order valence-corrected chi connectivity index (χ1v) is 8.47. The maximum atomic E-state index is 12.4. The summed E-state index contributed by atoms with van der Waals surface area (Å²) in [5.41, 5.74) is 0.849. The number of likely N-dealkylation sites (N-methyl/N-ethyl adjacent to an activating group) is 1. The van der Waals surface area contributed by atoms with Crippen LogP contribution in [0.25, 0.3) is 0 Å². The minimum Gasteiger partial charge on any atom is -0.506 e. The summed E-state index contributed by atoms with van der Waals surface area (Å²) in [6.45, 7) is 8.42. The van der Waals surface area contributed by atoms with Crippen LogP contribution in [0.15, 0.2) is 24.3 Å². The van der Waals surface area contributed by atoms with Crippen molar-refractivity contribution in [3.63, 3.8) is 0 Å². The fourth-order valence-corrected chi connectivity index (χ4v) is 2.95. The molecule has 6 heteroatoms. The van der Waals surface area contributed by atoms with Crippen LogP contribution >= 0.6 is 0 Å². The lowest BCUT2D eigenvalue weighted by Gasteiger charge is -2.36. The van der Waals surface area contributed by atoms with Crippen LogP contribution in [0.3, 0.4) is 0 Å². The van der Waals surface area contributed by atoms with Gasteiger partial charge in [-0.25, -0.2) is 0 Å². The number of carbonyl (C=O) groups excluding carboxylic acids is 1. The number of amides is 1. The zero-order valence-electron chi connectivity index (χ0n) is 14.5. The molecule has 24 heavy (non-hydrogen) atoms. The molecule has 1 saturated heterocycles. The standard InChI is InChI=1S/C18H26N4O2/c1-3-21(13-15(2)12-19)18(24)14-20-8-10-22(11-9-20)16-6-4-5-7-17(16)23/h4-7,15,23H,3,8-11,13-14H2,1-2H3. The zero-order chi connectivity index (χ0) is 17.5. The number of phenolic OH excluding ortho intramolecular Hbond substituents is 1. The molecule has 1 aromatic carbocycles. The second kappa shape index (κ2) is 8.55. The number of benzene rings is 1. The first kappa shape index (κ1) is 18.1. The molecule has 1 atom stereocenters. The molecule has 1 fully saturated rings. The highest BCUT2D eigenvalue weighted by atomic mass is 16.3. The normalized spacial score (nSPS) is 16.5. The van der Waals surface area contributed by atoms with E-state index in [1.807, 2.05) is 32.0 Å². The van der Waals surface area contributed by atoms with Gasteiger partial charge in [0.15, 0.2) is 0 Å². The molecule has 1 aliphatic rings. The van der Waals surface area contributed by atoms with E-state index in [0.717, 1.165) is 31.9 Å². The Labute approximate surface area is 143 Å². The molecule has 0 bridgehead atoms. The summed E-state index contributed by atoms with van der Waals surface area (Å²) >= 11 is 0. The van der Waals surface area contributed by atoms with E-state index in [1.54, 1.807) is 11.0 Å². The molecule has 0 aliphatic carbocycles. The van der Waals surface area contributed by atoms with Gasteiger partial charge in [-0.15, -0.1) is 0 Å². The van der Waals surface area contributed by atoms with Crippen LogP contribution in [0.2, 0.25) is 0 Å². The van der Waals surface area contributed by atoms with Crippen LogP contribution in [-0.2, 0) is 4.79 Å². The van der Waals surface area contributed by atoms with Crippen molar-refractivity contribution >= 4 is 11.6 Å². The number of aromatic hydroxyl groups is 1. The van der Waals surface area contributed by atoms with E-state index in [-0.39, 0.29) is 11.8 Å². The number of phenols is 1. The van der Waals surface area contributed by atoms with Gasteiger partial charge in [-0.3, -0.25) is 9.69 Å². The second-order valence-corrected chi connectivity index (χ2v) is 6.21. The van der Waals surface area contributed by atoms with Gasteiger partial charge in [0.05, 0.1) is 24.2 Å². The Morgan fingerprint density at radius 2 is 2.00 bits per heavy atom. The molecule has 0 aromatic heterocycles. The SMILES string of the molecule is CCN(CC(C)C#N)C(=O)CN1CCN(c2ccccc2O)CC1. The summed E-state index contributed by atoms with van der Waals surface area (Å²) in [6.07, 6.45) is 0. The molecule has 1 unspecified atom stereocenters. The fourth-order valence-electron chi connectivity index (χ4n) is 2.95. The molecule has 1 aliphatic heterocycles. The number of rotatable bonds is 6. The summed E-state index contributed by atoms with van der Waals surface area (Å²) in [6, 6.07) is 9.52. The van der Waals surface area contributed by atoms with Gasteiger partial charge in [0.2, 0.25) is 5.91 Å². The Morgan fingerprint density at radius 3 is 2.58 bits per heavy atom. The third-order valence-corrected chi connectivity index (χ3v) is 4.40. The fraction of sp³-hybridized carbons (Fsp3) is 0.556. The number of hydrogen-bond donors (Lipinski definition) is 1. The van der Waals surface area contributed by atoms with Gasteiger partial charge in [-0.1, -0.05) is 12.1 Å². The molecule has 6 nitrogen and oxygen atoms in total. The van der Waals surface area contributed by atoms with E-state index < -0.39 is 0 Å². The van der Waals surface area contributed by atoms with Crippen LogP contribution in [0.5, 0.6) is 5.75 Å². The summed E-state index contributed by atoms with van der Waals surface area (Å²) in [4.78, 5) is 18.5. The summed E-state index contributed by atoms with van der Waals surface area (Å²) in [5, 5.41) is 18.9. The average Bonchev–Trinajstić information content (AvgIpc) is 2.60. The van der Waals surface area contributed by atoms with E-state index in [0.29, 0.717) is 25.4 Å². The van der Waals surface area contributed by atoms with E-state index in [9.17, 15) is 9.90 Å². The lowest BCUT2D eigenvalue weighted by molar-refractivity contribution is -0.132. The van der Waals surface area contributed by atoms with Gasteiger partial charge >= 0.3 is 0 Å². The van der Waals surface area contributed by atoms with E-state index in [4.69, 9.17) is 5.26 Å². The predicted molar refractivity (Wildman–Crippen MR) is 93.8 cm³/mol. The number of piperazine rings is 1. The van der Waals surface area contributed by atoms with Crippen molar-refractivity contribution in [1.29, 1.82) is 5.26 Å². The van der Waals surface area contributed by atoms with Gasteiger partial charge in [0.25, 0.3) is 0 Å². The largest absolute Gasteiger partial charge is 0.506 e. The van der Waals surface area contributed by atoms with Crippen molar-refractivity contribution in [2.45, 2.75) is 13.8 Å². The maximum Gasteiger partial charge on any atom is 0.236 e. The van der Waals surface area contributed by atoms with Gasteiger partial charge < -0.3 is 14.9 Å². The number of para-hydroxylation sites is 2. The minimum atomic E-state index is -0.146. The molecule has 1 amide bonds. The number of carbonyl (C=O) groups is 1. The molecule has 1 N–H and O–H groups in total. The lowest BCUT2D eigenvalue weighted by Crippen LogP contribution is -2.50. The van der Waals surface area contributed by atoms with Crippen molar-refractivity contribution < 1.29 is 9.90 Å². The molecule has 2 rings (SSSR count). The molecule has 0 saturated carbocycles. The van der Waals surface area contributed by atoms with Crippen LogP contribution in [0.1, 0.15) is 13.8 Å². The average molecular weight is 330 g/mol. The monoisotopic (exact) mass is 330 g/mol. The second-order valence-electron chi connectivity index (χ2n) is 6.21. The van der Waals surface area contributed by atoms with Gasteiger partial charge in [0.1, 0.15) is 5.75 Å². The number of hydrogen-bond acceptors (Lipinski definition) is 5. The van der Waals surface area contributed by atoms with Gasteiger partial charge in [0, 0.05) is 39.3 Å². The Bertz CT molecular complexity index is 591. The van der Waals surface area contributed by atoms with Gasteiger partial charge in [-0.05, 0) is 26.0 Å². The predicted octanol–water partition coefficient (Wildman–Crippen LogP) is 1.52. The van der Waals surface area contributed by atoms with Crippen molar-refractivity contribution in [1.82, 2.24) is 9.80 Å². The third-order valence-electron chi connectivity index (χ3n) is 4.40. The minimum absolute atomic E-state index is 0.0793. The molecule has 130 valence electrons. The lowest BCUT2D eigenvalue weighted by atomic mass is 10.2. The van der Waals surface area contributed by atoms with Crippen LogP contribution in [0, 0.1) is 17.2 Å². The maximum absolute atomic E-state index is 12.4. The summed E-state index contributed by atoms with van der Waals surface area (Å²) in [5.74, 6) is 0.229. The van der Waals surface area contributed by atoms with Crippen molar-refractivity contribution in [3.05, 3.63) is 24.3 Å². The first-order valence-electron chi connectivity index (χ1n) is 8.47. The first-order chi connectivity index (χ1) is 11.5. The topological polar surface area (TPSA) is 70.8 Å². The molecule has 1 aromatic rings. The number of nitrogens with zero attached hydrogens (tertiary/aromatic N) is 4. The Balaban J connectivity index is 1.85. The highest BCUT2D eigenvalue weighted by Gasteiger charge is 2.23. The third kappa shape index (κ3) is 4.62. The molecule has 0 spiro atoms. The van der Waals surface area contributed by atoms with E-state index in [1.165, 1.54) is 0 Å². The molecular weight excluding hydrogens is 304 g/mol. The summed E-state index contributed by atoms with van der Waals surface area (Å²) in [7, 11) is 0.